The number of aryl methyl sites for hydroxylation is 2. The van der Waals surface area contributed by atoms with Crippen molar-refractivity contribution in [1.82, 2.24) is 15.5 Å². The molecule has 1 aromatic heterocycles. The summed E-state index contributed by atoms with van der Waals surface area (Å²) in [7, 11) is 0. The van der Waals surface area contributed by atoms with Gasteiger partial charge in [0.25, 0.3) is 5.89 Å². The van der Waals surface area contributed by atoms with Gasteiger partial charge in [0.05, 0.1) is 6.42 Å². The second kappa shape index (κ2) is 11.2. The molecule has 4 rings (SSSR count). The van der Waals surface area contributed by atoms with Crippen molar-refractivity contribution >= 4 is 23.3 Å². The van der Waals surface area contributed by atoms with Gasteiger partial charge < -0.3 is 20.3 Å². The largest absolute Gasteiger partial charge is 0.481 e. The average molecular weight is 491 g/mol. The van der Waals surface area contributed by atoms with Crippen LogP contribution < -0.4 is 10.6 Å². The standard InChI is InChI=1S/C27H27ClN4O3/c1-17-12-18(2)14-23(13-17)30-25(21-4-3-5-22(28)15-21)27-31-26(32-35-27)20-8-6-19(7-9-20)16-29-11-10-24(33)34/h3-9,12-15,25,29-30H,10-11,16H2,1-2H3,(H,33,34). The highest BCUT2D eigenvalue weighted by atomic mass is 35.5. The Kier molecular flexibility index (Phi) is 7.80. The van der Waals surface area contributed by atoms with Crippen LogP contribution in [0.1, 0.15) is 40.6 Å². The number of carboxylic acid groups (broad SMARTS) is 1. The lowest BCUT2D eigenvalue weighted by Crippen LogP contribution is -2.17. The third kappa shape index (κ3) is 6.68. The van der Waals surface area contributed by atoms with E-state index in [0.717, 1.165) is 33.5 Å². The third-order valence-corrected chi connectivity index (χ3v) is 5.70. The first-order valence-corrected chi connectivity index (χ1v) is 11.7. The van der Waals surface area contributed by atoms with Crippen LogP contribution in [0.2, 0.25) is 5.02 Å². The van der Waals surface area contributed by atoms with Crippen LogP contribution in [0.4, 0.5) is 5.69 Å². The molecular weight excluding hydrogens is 464 g/mol. The van der Waals surface area contributed by atoms with Crippen LogP contribution in [0.15, 0.2) is 71.3 Å². The van der Waals surface area contributed by atoms with Crippen LogP contribution in [0.3, 0.4) is 0 Å². The van der Waals surface area contributed by atoms with Gasteiger partial charge in [-0.05, 0) is 60.4 Å². The molecule has 0 aliphatic rings. The molecule has 0 radical (unpaired) electrons. The molecule has 0 saturated carbocycles. The molecule has 0 aliphatic carbocycles. The van der Waals surface area contributed by atoms with E-state index in [1.807, 2.05) is 48.5 Å². The van der Waals surface area contributed by atoms with E-state index in [4.69, 9.17) is 21.2 Å². The first-order valence-electron chi connectivity index (χ1n) is 11.3. The number of carboxylic acids is 1. The molecule has 0 bridgehead atoms. The molecule has 1 unspecified atom stereocenters. The van der Waals surface area contributed by atoms with E-state index in [0.29, 0.717) is 29.8 Å². The van der Waals surface area contributed by atoms with Crippen LogP contribution in [0.5, 0.6) is 0 Å². The number of anilines is 1. The number of carbonyl (C=O) groups is 1. The highest BCUT2D eigenvalue weighted by Gasteiger charge is 2.22. The summed E-state index contributed by atoms with van der Waals surface area (Å²) in [6.45, 7) is 5.12. The number of nitrogens with one attached hydrogen (secondary N) is 2. The van der Waals surface area contributed by atoms with Gasteiger partial charge in [-0.15, -0.1) is 0 Å². The minimum atomic E-state index is -0.816. The normalized spacial score (nSPS) is 11.9. The van der Waals surface area contributed by atoms with Crippen molar-refractivity contribution in [2.75, 3.05) is 11.9 Å². The van der Waals surface area contributed by atoms with Crippen LogP contribution in [-0.2, 0) is 11.3 Å². The number of halogens is 1. The molecule has 0 aliphatic heterocycles. The molecule has 0 saturated heterocycles. The van der Waals surface area contributed by atoms with E-state index in [1.165, 1.54) is 0 Å². The number of hydrogen-bond donors (Lipinski definition) is 3. The number of rotatable bonds is 10. The monoisotopic (exact) mass is 490 g/mol. The SMILES string of the molecule is Cc1cc(C)cc(NC(c2cccc(Cl)c2)c2nc(-c3ccc(CNCCC(=O)O)cc3)no2)c1. The maximum absolute atomic E-state index is 10.6. The van der Waals surface area contributed by atoms with Crippen LogP contribution in [0, 0.1) is 13.8 Å². The number of hydrogen-bond acceptors (Lipinski definition) is 6. The zero-order valence-electron chi connectivity index (χ0n) is 19.6. The molecule has 8 heteroatoms. The smallest absolute Gasteiger partial charge is 0.304 e. The van der Waals surface area contributed by atoms with Crippen molar-refractivity contribution in [1.29, 1.82) is 0 Å². The first kappa shape index (κ1) is 24.4. The third-order valence-electron chi connectivity index (χ3n) is 5.46. The molecule has 7 nitrogen and oxygen atoms in total. The molecule has 35 heavy (non-hydrogen) atoms. The highest BCUT2D eigenvalue weighted by molar-refractivity contribution is 6.30. The highest BCUT2D eigenvalue weighted by Crippen LogP contribution is 2.30. The lowest BCUT2D eigenvalue weighted by atomic mass is 10.1. The predicted octanol–water partition coefficient (Wildman–Crippen LogP) is 5.77. The second-order valence-corrected chi connectivity index (χ2v) is 8.92. The zero-order chi connectivity index (χ0) is 24.8. The van der Waals surface area contributed by atoms with Crippen LogP contribution in [-0.4, -0.2) is 27.8 Å². The molecule has 0 fully saturated rings. The zero-order valence-corrected chi connectivity index (χ0v) is 20.3. The predicted molar refractivity (Wildman–Crippen MR) is 137 cm³/mol. The van der Waals surface area contributed by atoms with E-state index >= 15 is 0 Å². The molecular formula is C27H27ClN4O3. The Labute approximate surface area is 209 Å². The van der Waals surface area contributed by atoms with E-state index < -0.39 is 5.97 Å². The molecule has 3 aromatic carbocycles. The lowest BCUT2D eigenvalue weighted by molar-refractivity contribution is -0.136. The fourth-order valence-electron chi connectivity index (χ4n) is 3.87. The Hall–Kier alpha value is -3.68. The topological polar surface area (TPSA) is 100 Å². The summed E-state index contributed by atoms with van der Waals surface area (Å²) in [5, 5.41) is 20.2. The van der Waals surface area contributed by atoms with Gasteiger partial charge in [-0.25, -0.2) is 0 Å². The molecule has 4 aromatic rings. The van der Waals surface area contributed by atoms with Crippen molar-refractivity contribution < 1.29 is 14.4 Å². The van der Waals surface area contributed by atoms with Gasteiger partial charge in [0.15, 0.2) is 0 Å². The van der Waals surface area contributed by atoms with Gasteiger partial charge in [-0.3, -0.25) is 4.79 Å². The van der Waals surface area contributed by atoms with Gasteiger partial charge in [-0.1, -0.05) is 59.2 Å². The maximum Gasteiger partial charge on any atom is 0.304 e. The summed E-state index contributed by atoms with van der Waals surface area (Å²) >= 11 is 6.28. The van der Waals surface area contributed by atoms with Gasteiger partial charge in [0.2, 0.25) is 5.82 Å². The van der Waals surface area contributed by atoms with Crippen molar-refractivity contribution in [2.45, 2.75) is 32.9 Å². The van der Waals surface area contributed by atoms with E-state index in [9.17, 15) is 4.79 Å². The molecule has 1 heterocycles. The minimum absolute atomic E-state index is 0.0909. The summed E-state index contributed by atoms with van der Waals surface area (Å²) in [4.78, 5) is 15.3. The van der Waals surface area contributed by atoms with E-state index in [-0.39, 0.29) is 12.5 Å². The number of aliphatic carboxylic acids is 1. The van der Waals surface area contributed by atoms with E-state index in [2.05, 4.69) is 52.8 Å². The number of nitrogens with zero attached hydrogens (tertiary/aromatic N) is 2. The van der Waals surface area contributed by atoms with Crippen molar-refractivity contribution in [3.63, 3.8) is 0 Å². The molecule has 0 spiro atoms. The van der Waals surface area contributed by atoms with Gasteiger partial charge >= 0.3 is 5.97 Å². The summed E-state index contributed by atoms with van der Waals surface area (Å²) in [5.41, 5.74) is 6.03. The Bertz CT molecular complexity index is 1280. The number of aromatic nitrogens is 2. The molecule has 3 N–H and O–H groups in total. The Morgan fingerprint density at radius 3 is 2.49 bits per heavy atom. The van der Waals surface area contributed by atoms with Gasteiger partial charge in [0, 0.05) is 29.4 Å². The quantitative estimate of drug-likeness (QED) is 0.242. The summed E-state index contributed by atoms with van der Waals surface area (Å²) in [6, 6.07) is 21.2. The first-order chi connectivity index (χ1) is 16.9. The second-order valence-electron chi connectivity index (χ2n) is 8.48. The fraction of sp³-hybridized carbons (Fsp3) is 0.222. The Balaban J connectivity index is 1.55. The van der Waals surface area contributed by atoms with Crippen molar-refractivity contribution in [2.24, 2.45) is 0 Å². The summed E-state index contributed by atoms with van der Waals surface area (Å²) in [5.74, 6) is 0.101. The van der Waals surface area contributed by atoms with E-state index in [1.54, 1.807) is 0 Å². The maximum atomic E-state index is 10.6. The van der Waals surface area contributed by atoms with Crippen molar-refractivity contribution in [3.05, 3.63) is 99.9 Å². The minimum Gasteiger partial charge on any atom is -0.481 e. The Morgan fingerprint density at radius 2 is 1.80 bits per heavy atom. The lowest BCUT2D eigenvalue weighted by Gasteiger charge is -2.18. The molecule has 180 valence electrons. The van der Waals surface area contributed by atoms with Crippen LogP contribution in [0.25, 0.3) is 11.4 Å². The summed E-state index contributed by atoms with van der Waals surface area (Å²) in [6.07, 6.45) is 0.0909. The Morgan fingerprint density at radius 1 is 1.06 bits per heavy atom. The average Bonchev–Trinajstić information content (AvgIpc) is 3.30. The van der Waals surface area contributed by atoms with Crippen LogP contribution >= 0.6 is 11.6 Å². The summed E-state index contributed by atoms with van der Waals surface area (Å²) < 4.78 is 5.71. The molecule has 0 amide bonds. The fourth-order valence-corrected chi connectivity index (χ4v) is 4.07. The molecule has 1 atom stereocenters. The number of benzene rings is 3. The van der Waals surface area contributed by atoms with Gasteiger partial charge in [0.1, 0.15) is 6.04 Å². The van der Waals surface area contributed by atoms with Crippen molar-refractivity contribution in [3.8, 4) is 11.4 Å². The van der Waals surface area contributed by atoms with Gasteiger partial charge in [-0.2, -0.15) is 4.98 Å².